The van der Waals surface area contributed by atoms with Gasteiger partial charge in [-0.15, -0.1) is 10.2 Å². The zero-order valence-corrected chi connectivity index (χ0v) is 11.8. The first-order valence-electron chi connectivity index (χ1n) is 4.91. The van der Waals surface area contributed by atoms with Crippen molar-refractivity contribution >= 4 is 24.0 Å². The highest BCUT2D eigenvalue weighted by atomic mass is 16.5. The first-order valence-corrected chi connectivity index (χ1v) is 4.91. The lowest BCUT2D eigenvalue weighted by Crippen LogP contribution is -1.95. The summed E-state index contributed by atoms with van der Waals surface area (Å²) >= 11 is 0. The second kappa shape index (κ2) is 16.4. The molecule has 0 saturated carbocycles. The molecule has 11 heteroatoms. The summed E-state index contributed by atoms with van der Waals surface area (Å²) in [6, 6.07) is 0. The van der Waals surface area contributed by atoms with Crippen LogP contribution in [0.1, 0.15) is 13.8 Å². The summed E-state index contributed by atoms with van der Waals surface area (Å²) in [5.74, 6) is -0.916. The fourth-order valence-electron chi connectivity index (χ4n) is 0.304. The number of rotatable bonds is 0. The molecule has 0 aromatic carbocycles. The smallest absolute Gasteiger partial charge is 0.450 e. The molecule has 0 aromatic rings. The van der Waals surface area contributed by atoms with Crippen LogP contribution in [-0.4, -0.2) is 45.3 Å². The van der Waals surface area contributed by atoms with Crippen molar-refractivity contribution in [3.8, 4) is 0 Å². The summed E-state index contributed by atoms with van der Waals surface area (Å²) in [7, 11) is 3.75. The Morgan fingerprint density at radius 2 is 0.950 bits per heavy atom. The fourth-order valence-corrected chi connectivity index (χ4v) is 0.304. The summed E-state index contributed by atoms with van der Waals surface area (Å²) in [6.07, 6.45) is -1.88. The van der Waals surface area contributed by atoms with Gasteiger partial charge in [0.2, 0.25) is 0 Å². The monoisotopic (exact) mass is 291 g/mol. The lowest BCUT2D eigenvalue weighted by molar-refractivity contribution is -0.120. The normalized spacial score (nSPS) is 8.90. The molecule has 0 bridgehead atoms. The minimum absolute atomic E-state index is 0.458. The Morgan fingerprint density at radius 3 is 1.10 bits per heavy atom. The maximum absolute atomic E-state index is 10.1. The van der Waals surface area contributed by atoms with Gasteiger partial charge in [0.1, 0.15) is 0 Å². The second-order valence-corrected chi connectivity index (χ2v) is 2.38. The molecular formula is C9H17N5O6. The number of hydrogen-bond acceptors (Lipinski definition) is 7. The Morgan fingerprint density at radius 1 is 0.700 bits per heavy atom. The summed E-state index contributed by atoms with van der Waals surface area (Å²) in [4.78, 5) is 40.2. The van der Waals surface area contributed by atoms with Crippen molar-refractivity contribution in [2.75, 3.05) is 21.3 Å². The number of amides is 4. The number of carbonyl (C=O) groups excluding carboxylic acids is 4. The standard InChI is InChI=1S/C4H6N2O4.C4H6N2O2.CH5N/c1-9-3(7)5-6-4(8)10-2;1-3(7)5-6-4(2)8;1-2/h1-2H3;1-2H3;2H2,1H3. The zero-order valence-electron chi connectivity index (χ0n) is 11.8. The van der Waals surface area contributed by atoms with Gasteiger partial charge in [0.05, 0.1) is 14.2 Å². The van der Waals surface area contributed by atoms with Gasteiger partial charge in [-0.1, -0.05) is 10.2 Å². The maximum atomic E-state index is 10.1. The first kappa shape index (κ1) is 22.6. The third-order valence-electron chi connectivity index (χ3n) is 0.894. The molecule has 0 aliphatic carbocycles. The lowest BCUT2D eigenvalue weighted by Gasteiger charge is -1.87. The van der Waals surface area contributed by atoms with E-state index in [4.69, 9.17) is 0 Å². The Kier molecular flexibility index (Phi) is 18.6. The SMILES string of the molecule is CC(=O)N=NC(C)=O.CN.COC(=O)N=NC(=O)OC. The van der Waals surface area contributed by atoms with Crippen LogP contribution in [0.15, 0.2) is 20.5 Å². The molecule has 0 aromatic heterocycles. The third-order valence-corrected chi connectivity index (χ3v) is 0.894. The van der Waals surface area contributed by atoms with Gasteiger partial charge < -0.3 is 15.2 Å². The van der Waals surface area contributed by atoms with Gasteiger partial charge in [-0.05, 0) is 7.05 Å². The minimum Gasteiger partial charge on any atom is -0.450 e. The molecule has 0 atom stereocenters. The summed E-state index contributed by atoms with van der Waals surface area (Å²) in [5.41, 5.74) is 4.50. The molecule has 0 aliphatic heterocycles. The zero-order chi connectivity index (χ0) is 16.6. The Balaban J connectivity index is -0.000000262. The summed E-state index contributed by atoms with van der Waals surface area (Å²) in [6.45, 7) is 2.46. The molecule has 11 nitrogen and oxygen atoms in total. The first-order chi connectivity index (χ1) is 9.33. The molecule has 0 rings (SSSR count). The molecule has 20 heavy (non-hydrogen) atoms. The Labute approximate surface area is 115 Å². The summed E-state index contributed by atoms with van der Waals surface area (Å²) in [5, 5.41) is 11.5. The molecule has 0 fully saturated rings. The van der Waals surface area contributed by atoms with Gasteiger partial charge in [-0.3, -0.25) is 9.59 Å². The summed E-state index contributed by atoms with van der Waals surface area (Å²) < 4.78 is 8.08. The highest BCUT2D eigenvalue weighted by Crippen LogP contribution is 1.85. The maximum Gasteiger partial charge on any atom is 0.452 e. The van der Waals surface area contributed by atoms with Crippen LogP contribution < -0.4 is 5.73 Å². The van der Waals surface area contributed by atoms with Gasteiger partial charge >= 0.3 is 12.2 Å². The number of carbonyl (C=O) groups is 4. The number of azo groups is 2. The second-order valence-electron chi connectivity index (χ2n) is 2.38. The van der Waals surface area contributed by atoms with Crippen molar-refractivity contribution in [1.82, 2.24) is 0 Å². The van der Waals surface area contributed by atoms with Gasteiger partial charge in [0.15, 0.2) is 0 Å². The molecule has 2 N–H and O–H groups in total. The van der Waals surface area contributed by atoms with E-state index in [-0.39, 0.29) is 0 Å². The van der Waals surface area contributed by atoms with Gasteiger partial charge in [0.25, 0.3) is 11.8 Å². The Bertz CT molecular complexity index is 345. The van der Waals surface area contributed by atoms with Crippen LogP contribution in [0.5, 0.6) is 0 Å². The minimum atomic E-state index is -0.939. The average Bonchev–Trinajstić information content (AvgIpc) is 2.44. The van der Waals surface area contributed by atoms with Crippen molar-refractivity contribution in [2.24, 2.45) is 26.2 Å². The molecule has 4 amide bonds. The van der Waals surface area contributed by atoms with Crippen LogP contribution in [0, 0.1) is 0 Å². The van der Waals surface area contributed by atoms with E-state index in [9.17, 15) is 19.2 Å². The van der Waals surface area contributed by atoms with Crippen molar-refractivity contribution in [3.63, 3.8) is 0 Å². The van der Waals surface area contributed by atoms with Crippen LogP contribution >= 0.6 is 0 Å². The number of nitrogens with zero attached hydrogens (tertiary/aromatic N) is 4. The average molecular weight is 291 g/mol. The molecular weight excluding hydrogens is 274 g/mol. The lowest BCUT2D eigenvalue weighted by atomic mass is 10.7. The molecule has 0 aliphatic rings. The van der Waals surface area contributed by atoms with E-state index in [0.717, 1.165) is 14.2 Å². The van der Waals surface area contributed by atoms with Gasteiger partial charge in [-0.2, -0.15) is 0 Å². The molecule has 0 saturated heterocycles. The predicted octanol–water partition coefficient (Wildman–Crippen LogP) is 1.08. The van der Waals surface area contributed by atoms with Gasteiger partial charge in [0, 0.05) is 13.8 Å². The van der Waals surface area contributed by atoms with E-state index in [2.05, 4.69) is 35.7 Å². The predicted molar refractivity (Wildman–Crippen MR) is 66.0 cm³/mol. The van der Waals surface area contributed by atoms with E-state index < -0.39 is 24.0 Å². The number of nitrogens with two attached hydrogens (primary N) is 1. The van der Waals surface area contributed by atoms with E-state index in [1.54, 1.807) is 0 Å². The van der Waals surface area contributed by atoms with Crippen LogP contribution in [0.4, 0.5) is 9.59 Å². The van der Waals surface area contributed by atoms with E-state index in [1.165, 1.54) is 20.9 Å². The van der Waals surface area contributed by atoms with Crippen molar-refractivity contribution in [3.05, 3.63) is 0 Å². The van der Waals surface area contributed by atoms with E-state index in [0.29, 0.717) is 0 Å². The molecule has 114 valence electrons. The Hall–Kier alpha value is -2.56. The van der Waals surface area contributed by atoms with Crippen LogP contribution in [-0.2, 0) is 19.1 Å². The number of ether oxygens (including phenoxy) is 2. The third kappa shape index (κ3) is 24.6. The number of hydrogen-bond donors (Lipinski definition) is 1. The molecule has 0 radical (unpaired) electrons. The molecule has 0 spiro atoms. The van der Waals surface area contributed by atoms with Crippen molar-refractivity contribution in [1.29, 1.82) is 0 Å². The quantitative estimate of drug-likeness (QED) is 0.652. The van der Waals surface area contributed by atoms with Crippen molar-refractivity contribution in [2.45, 2.75) is 13.8 Å². The highest BCUT2D eigenvalue weighted by Gasteiger charge is 1.97. The fraction of sp³-hybridized carbons (Fsp3) is 0.556. The van der Waals surface area contributed by atoms with Crippen LogP contribution in [0.3, 0.4) is 0 Å². The van der Waals surface area contributed by atoms with Gasteiger partial charge in [-0.25, -0.2) is 9.59 Å². The van der Waals surface area contributed by atoms with E-state index >= 15 is 0 Å². The molecule has 0 heterocycles. The van der Waals surface area contributed by atoms with Crippen molar-refractivity contribution < 1.29 is 28.7 Å². The number of methoxy groups -OCH3 is 2. The van der Waals surface area contributed by atoms with Crippen LogP contribution in [0.25, 0.3) is 0 Å². The highest BCUT2D eigenvalue weighted by molar-refractivity contribution is 5.78. The van der Waals surface area contributed by atoms with E-state index in [1.807, 2.05) is 0 Å². The topological polar surface area (TPSA) is 162 Å². The largest absolute Gasteiger partial charge is 0.452 e. The molecule has 0 unspecified atom stereocenters. The van der Waals surface area contributed by atoms with Crippen LogP contribution in [0.2, 0.25) is 0 Å².